The summed E-state index contributed by atoms with van der Waals surface area (Å²) in [5.74, 6) is 0. The number of carbonyl (C=O) groups is 1. The normalized spacial score (nSPS) is 18.2. The van der Waals surface area contributed by atoms with E-state index in [0.29, 0.717) is 6.04 Å². The summed E-state index contributed by atoms with van der Waals surface area (Å²) < 4.78 is 0. The Morgan fingerprint density at radius 3 is 2.32 bits per heavy atom. The number of nitrogens with zero attached hydrogens (tertiary/aromatic N) is 5. The summed E-state index contributed by atoms with van der Waals surface area (Å²) in [5, 5.41) is 3.61. The Hall–Kier alpha value is -2.67. The van der Waals surface area contributed by atoms with Gasteiger partial charge in [-0.1, -0.05) is 0 Å². The van der Waals surface area contributed by atoms with Crippen LogP contribution in [0.15, 0.2) is 36.7 Å². The van der Waals surface area contributed by atoms with Crippen LogP contribution in [0.1, 0.15) is 24.2 Å². The van der Waals surface area contributed by atoms with Crippen molar-refractivity contribution in [1.82, 2.24) is 20.2 Å². The lowest BCUT2D eigenvalue weighted by Gasteiger charge is -2.34. The van der Waals surface area contributed by atoms with E-state index in [9.17, 15) is 4.79 Å². The summed E-state index contributed by atoms with van der Waals surface area (Å²) in [6, 6.07) is 8.99. The molecule has 7 heteroatoms. The van der Waals surface area contributed by atoms with E-state index in [0.717, 1.165) is 62.6 Å². The van der Waals surface area contributed by atoms with Crippen molar-refractivity contribution in [1.29, 1.82) is 0 Å². The van der Waals surface area contributed by atoms with E-state index in [4.69, 9.17) is 0 Å². The number of piperidine rings is 1. The van der Waals surface area contributed by atoms with Crippen LogP contribution in [-0.4, -0.2) is 60.2 Å². The Balaban J connectivity index is 1.27. The largest absolute Gasteiger partial charge is 0.371 e. The van der Waals surface area contributed by atoms with Crippen molar-refractivity contribution >= 4 is 17.4 Å². The number of likely N-dealkylation sites (N-methyl/N-ethyl adjacent to an activating group) is 1. The fourth-order valence-electron chi connectivity index (χ4n) is 3.83. The molecule has 2 aliphatic heterocycles. The van der Waals surface area contributed by atoms with Crippen LogP contribution in [0.4, 0.5) is 16.2 Å². The zero-order valence-corrected chi connectivity index (χ0v) is 16.6. The molecule has 0 bridgehead atoms. The standard InChI is InChI=1S/C21H28N6O/c1-16-13-23-18(14-22-16)15-24-17-7-9-26(10-8-17)19-3-5-20(6-4-19)27-12-11-25(2)21(27)28/h3-6,13-14,17,24H,7-12,15H2,1-2H3. The molecular weight excluding hydrogens is 352 g/mol. The SMILES string of the molecule is Cc1cnc(CNC2CCN(c3ccc(N4CCN(C)C4=O)cc3)CC2)cn1. The van der Waals surface area contributed by atoms with Crippen LogP contribution in [0.2, 0.25) is 0 Å². The Kier molecular flexibility index (Phi) is 5.43. The van der Waals surface area contributed by atoms with Gasteiger partial charge in [-0.3, -0.25) is 14.9 Å². The minimum Gasteiger partial charge on any atom is -0.371 e. The zero-order chi connectivity index (χ0) is 19.5. The molecule has 1 aromatic heterocycles. The lowest BCUT2D eigenvalue weighted by atomic mass is 10.0. The lowest BCUT2D eigenvalue weighted by molar-refractivity contribution is 0.229. The molecule has 2 aromatic rings. The average molecular weight is 380 g/mol. The molecule has 0 aliphatic carbocycles. The van der Waals surface area contributed by atoms with Crippen LogP contribution >= 0.6 is 0 Å². The van der Waals surface area contributed by atoms with Crippen molar-refractivity contribution in [3.05, 3.63) is 48.0 Å². The first-order valence-electron chi connectivity index (χ1n) is 9.99. The van der Waals surface area contributed by atoms with E-state index in [1.165, 1.54) is 5.69 Å². The number of anilines is 2. The predicted octanol–water partition coefficient (Wildman–Crippen LogP) is 2.42. The Morgan fingerprint density at radius 2 is 1.71 bits per heavy atom. The predicted molar refractivity (Wildman–Crippen MR) is 111 cm³/mol. The maximum absolute atomic E-state index is 12.1. The Bertz CT molecular complexity index is 799. The van der Waals surface area contributed by atoms with Gasteiger partial charge in [-0.15, -0.1) is 0 Å². The summed E-state index contributed by atoms with van der Waals surface area (Å²) in [4.78, 5) is 26.9. The van der Waals surface area contributed by atoms with Crippen molar-refractivity contribution in [3.63, 3.8) is 0 Å². The van der Waals surface area contributed by atoms with Crippen LogP contribution in [-0.2, 0) is 6.54 Å². The minimum atomic E-state index is 0.0814. The van der Waals surface area contributed by atoms with E-state index in [1.54, 1.807) is 4.90 Å². The molecule has 1 aromatic carbocycles. The fraction of sp³-hybridized carbons (Fsp3) is 0.476. The molecule has 7 nitrogen and oxygen atoms in total. The van der Waals surface area contributed by atoms with Gasteiger partial charge in [0.1, 0.15) is 0 Å². The molecule has 0 spiro atoms. The van der Waals surface area contributed by atoms with E-state index in [-0.39, 0.29) is 6.03 Å². The first-order chi connectivity index (χ1) is 13.6. The van der Waals surface area contributed by atoms with Gasteiger partial charge in [0.25, 0.3) is 0 Å². The van der Waals surface area contributed by atoms with Gasteiger partial charge < -0.3 is 15.1 Å². The molecule has 2 fully saturated rings. The summed E-state index contributed by atoms with van der Waals surface area (Å²) >= 11 is 0. The van der Waals surface area contributed by atoms with Crippen molar-refractivity contribution in [2.24, 2.45) is 0 Å². The highest BCUT2D eigenvalue weighted by molar-refractivity contribution is 5.94. The fourth-order valence-corrected chi connectivity index (χ4v) is 3.83. The van der Waals surface area contributed by atoms with Crippen molar-refractivity contribution in [2.45, 2.75) is 32.4 Å². The highest BCUT2D eigenvalue weighted by Crippen LogP contribution is 2.25. The number of aryl methyl sites for hydroxylation is 1. The molecule has 148 valence electrons. The van der Waals surface area contributed by atoms with Gasteiger partial charge in [0.15, 0.2) is 0 Å². The second-order valence-corrected chi connectivity index (χ2v) is 7.66. The molecule has 0 radical (unpaired) electrons. The maximum atomic E-state index is 12.1. The topological polar surface area (TPSA) is 64.6 Å². The van der Waals surface area contributed by atoms with E-state index < -0.39 is 0 Å². The van der Waals surface area contributed by atoms with Crippen LogP contribution in [0.3, 0.4) is 0 Å². The molecule has 2 amide bonds. The summed E-state index contributed by atoms with van der Waals surface area (Å²) in [6.07, 6.45) is 5.88. The van der Waals surface area contributed by atoms with E-state index >= 15 is 0 Å². The number of nitrogens with one attached hydrogen (secondary N) is 1. The second-order valence-electron chi connectivity index (χ2n) is 7.66. The lowest BCUT2D eigenvalue weighted by Crippen LogP contribution is -2.42. The number of urea groups is 1. The summed E-state index contributed by atoms with van der Waals surface area (Å²) in [6.45, 7) is 6.33. The minimum absolute atomic E-state index is 0.0814. The highest BCUT2D eigenvalue weighted by atomic mass is 16.2. The number of carbonyl (C=O) groups excluding carboxylic acids is 1. The van der Waals surface area contributed by atoms with Gasteiger partial charge in [0.2, 0.25) is 0 Å². The van der Waals surface area contributed by atoms with Gasteiger partial charge in [0, 0.05) is 69.6 Å². The zero-order valence-electron chi connectivity index (χ0n) is 16.6. The van der Waals surface area contributed by atoms with Crippen molar-refractivity contribution < 1.29 is 4.79 Å². The molecule has 3 heterocycles. The van der Waals surface area contributed by atoms with E-state index in [1.807, 2.05) is 31.3 Å². The number of hydrogen-bond acceptors (Lipinski definition) is 5. The van der Waals surface area contributed by atoms with Gasteiger partial charge in [-0.05, 0) is 44.0 Å². The quantitative estimate of drug-likeness (QED) is 0.863. The number of aromatic nitrogens is 2. The third-order valence-corrected chi connectivity index (χ3v) is 5.64. The van der Waals surface area contributed by atoms with Gasteiger partial charge >= 0.3 is 6.03 Å². The molecule has 28 heavy (non-hydrogen) atoms. The number of benzene rings is 1. The molecule has 0 saturated carbocycles. The molecule has 0 atom stereocenters. The number of rotatable bonds is 5. The third kappa shape index (κ3) is 4.09. The van der Waals surface area contributed by atoms with Crippen molar-refractivity contribution in [2.75, 3.05) is 43.0 Å². The first-order valence-corrected chi connectivity index (χ1v) is 9.99. The van der Waals surface area contributed by atoms with Crippen LogP contribution < -0.4 is 15.1 Å². The van der Waals surface area contributed by atoms with Crippen LogP contribution in [0, 0.1) is 6.92 Å². The highest BCUT2D eigenvalue weighted by Gasteiger charge is 2.26. The van der Waals surface area contributed by atoms with Crippen LogP contribution in [0.5, 0.6) is 0 Å². The molecule has 2 aliphatic rings. The Labute approximate surface area is 166 Å². The Morgan fingerprint density at radius 1 is 1.00 bits per heavy atom. The van der Waals surface area contributed by atoms with Gasteiger partial charge in [-0.25, -0.2) is 4.79 Å². The maximum Gasteiger partial charge on any atom is 0.324 e. The average Bonchev–Trinajstić information content (AvgIpc) is 3.07. The van der Waals surface area contributed by atoms with E-state index in [2.05, 4.69) is 44.5 Å². The molecule has 2 saturated heterocycles. The second kappa shape index (κ2) is 8.14. The van der Waals surface area contributed by atoms with Crippen LogP contribution in [0.25, 0.3) is 0 Å². The first kappa shape index (κ1) is 18.7. The summed E-state index contributed by atoms with van der Waals surface area (Å²) in [7, 11) is 1.85. The third-order valence-electron chi connectivity index (χ3n) is 5.64. The number of hydrogen-bond donors (Lipinski definition) is 1. The molecule has 4 rings (SSSR count). The van der Waals surface area contributed by atoms with Gasteiger partial charge in [0.05, 0.1) is 11.4 Å². The molecule has 1 N–H and O–H groups in total. The molecular formula is C21H28N6O. The number of amides is 2. The summed E-state index contributed by atoms with van der Waals surface area (Å²) in [5.41, 5.74) is 4.15. The smallest absolute Gasteiger partial charge is 0.324 e. The monoisotopic (exact) mass is 380 g/mol. The van der Waals surface area contributed by atoms with Crippen molar-refractivity contribution in [3.8, 4) is 0 Å². The molecule has 0 unspecified atom stereocenters. The van der Waals surface area contributed by atoms with Gasteiger partial charge in [-0.2, -0.15) is 0 Å².